The number of aromatic nitrogens is 2. The molecule has 4 heterocycles. The second-order valence-corrected chi connectivity index (χ2v) is 13.4. The zero-order chi connectivity index (χ0) is 28.7. The SMILES string of the molecule is CCOc1c(Br)c(CC)cc2c(N3CCC4(CC3)CN(C(=O)OC(C)(C)C)C4)nc(OC[C@@H]3CCCN3C)nc12. The molecular weight excluding hydrogens is 574 g/mol. The van der Waals surface area contributed by atoms with Crippen LogP contribution < -0.4 is 14.4 Å². The van der Waals surface area contributed by atoms with Crippen molar-refractivity contribution in [3.05, 3.63) is 16.1 Å². The number of aryl methyl sites for hydroxylation is 1. The lowest BCUT2D eigenvalue weighted by atomic mass is 9.72. The van der Waals surface area contributed by atoms with Crippen molar-refractivity contribution < 1.29 is 19.0 Å². The monoisotopic (exact) mass is 617 g/mol. The van der Waals surface area contributed by atoms with Gasteiger partial charge in [-0.3, -0.25) is 0 Å². The summed E-state index contributed by atoms with van der Waals surface area (Å²) in [5, 5.41) is 0.994. The Hall–Kier alpha value is -2.33. The van der Waals surface area contributed by atoms with Crippen LogP contribution in [0.15, 0.2) is 10.5 Å². The molecule has 3 aliphatic rings. The number of amides is 1. The number of carbonyl (C=O) groups is 1. The molecule has 1 atom stereocenters. The molecule has 5 rings (SSSR count). The molecule has 1 spiro atoms. The first-order valence-electron chi connectivity index (χ1n) is 14.7. The minimum absolute atomic E-state index is 0.150. The summed E-state index contributed by atoms with van der Waals surface area (Å²) in [6.45, 7) is 15.3. The summed E-state index contributed by atoms with van der Waals surface area (Å²) >= 11 is 3.79. The minimum Gasteiger partial charge on any atom is -0.490 e. The molecular formula is C30H44BrN5O4. The van der Waals surface area contributed by atoms with Crippen LogP contribution in [0.1, 0.15) is 65.9 Å². The van der Waals surface area contributed by atoms with Crippen LogP contribution in [0.25, 0.3) is 10.9 Å². The summed E-state index contributed by atoms with van der Waals surface area (Å²) in [5.41, 5.74) is 1.63. The van der Waals surface area contributed by atoms with Crippen molar-refractivity contribution in [2.24, 2.45) is 5.41 Å². The first kappa shape index (κ1) is 29.2. The van der Waals surface area contributed by atoms with E-state index in [0.29, 0.717) is 25.3 Å². The number of carbonyl (C=O) groups excluding carboxylic acids is 1. The van der Waals surface area contributed by atoms with E-state index in [1.165, 1.54) is 12.0 Å². The van der Waals surface area contributed by atoms with Gasteiger partial charge >= 0.3 is 12.1 Å². The average molecular weight is 619 g/mol. The lowest BCUT2D eigenvalue weighted by Crippen LogP contribution is -2.62. The van der Waals surface area contributed by atoms with E-state index in [-0.39, 0.29) is 11.5 Å². The Labute approximate surface area is 246 Å². The van der Waals surface area contributed by atoms with Gasteiger partial charge in [0.15, 0.2) is 5.75 Å². The van der Waals surface area contributed by atoms with Crippen molar-refractivity contribution >= 4 is 38.7 Å². The van der Waals surface area contributed by atoms with Gasteiger partial charge in [0, 0.05) is 43.0 Å². The van der Waals surface area contributed by atoms with Gasteiger partial charge < -0.3 is 28.9 Å². The van der Waals surface area contributed by atoms with Gasteiger partial charge in [0.2, 0.25) is 0 Å². The molecule has 10 heteroatoms. The van der Waals surface area contributed by atoms with Crippen LogP contribution in [-0.2, 0) is 11.2 Å². The van der Waals surface area contributed by atoms with E-state index >= 15 is 0 Å². The fourth-order valence-corrected chi connectivity index (χ4v) is 6.86. The van der Waals surface area contributed by atoms with Crippen molar-refractivity contribution in [2.45, 2.75) is 78.4 Å². The molecule has 3 aliphatic heterocycles. The molecule has 220 valence electrons. The number of fused-ring (bicyclic) bond motifs is 1. The highest BCUT2D eigenvalue weighted by atomic mass is 79.9. The molecule has 3 saturated heterocycles. The number of halogens is 1. The number of rotatable bonds is 7. The van der Waals surface area contributed by atoms with Gasteiger partial charge in [-0.2, -0.15) is 9.97 Å². The Bertz CT molecular complexity index is 1230. The van der Waals surface area contributed by atoms with Crippen molar-refractivity contribution in [2.75, 3.05) is 57.9 Å². The van der Waals surface area contributed by atoms with Gasteiger partial charge in [0.1, 0.15) is 23.5 Å². The Kier molecular flexibility index (Phi) is 8.39. The van der Waals surface area contributed by atoms with Crippen LogP contribution >= 0.6 is 15.9 Å². The van der Waals surface area contributed by atoms with Crippen molar-refractivity contribution in [3.63, 3.8) is 0 Å². The lowest BCUT2D eigenvalue weighted by molar-refractivity contribution is -0.0434. The van der Waals surface area contributed by atoms with Gasteiger partial charge in [-0.05, 0) is 101 Å². The number of likely N-dealkylation sites (tertiary alicyclic amines) is 2. The van der Waals surface area contributed by atoms with Gasteiger partial charge in [0.25, 0.3) is 0 Å². The Morgan fingerprint density at radius 1 is 1.12 bits per heavy atom. The normalized spacial score (nSPS) is 21.1. The Morgan fingerprint density at radius 3 is 2.45 bits per heavy atom. The van der Waals surface area contributed by atoms with Crippen LogP contribution in [0.4, 0.5) is 10.6 Å². The first-order valence-corrected chi connectivity index (χ1v) is 15.5. The third-order valence-corrected chi connectivity index (χ3v) is 9.36. The molecule has 0 bridgehead atoms. The van der Waals surface area contributed by atoms with E-state index in [9.17, 15) is 4.79 Å². The number of ether oxygens (including phenoxy) is 3. The first-order chi connectivity index (χ1) is 19.0. The number of likely N-dealkylation sites (N-methyl/N-ethyl adjacent to an activating group) is 1. The predicted octanol–water partition coefficient (Wildman–Crippen LogP) is 5.66. The fourth-order valence-electron chi connectivity index (χ4n) is 6.16. The zero-order valence-corrected chi connectivity index (χ0v) is 26.5. The van der Waals surface area contributed by atoms with Crippen molar-refractivity contribution in [1.29, 1.82) is 0 Å². The molecule has 0 unspecified atom stereocenters. The van der Waals surface area contributed by atoms with Crippen LogP contribution in [0.5, 0.6) is 11.8 Å². The lowest BCUT2D eigenvalue weighted by Gasteiger charge is -2.53. The molecule has 0 radical (unpaired) electrons. The fraction of sp³-hybridized carbons (Fsp3) is 0.700. The van der Waals surface area contributed by atoms with Crippen LogP contribution in [0.2, 0.25) is 0 Å². The highest BCUT2D eigenvalue weighted by Crippen LogP contribution is 2.44. The van der Waals surface area contributed by atoms with Gasteiger partial charge in [0.05, 0.1) is 11.1 Å². The molecule has 1 aromatic heterocycles. The summed E-state index contributed by atoms with van der Waals surface area (Å²) < 4.78 is 18.9. The van der Waals surface area contributed by atoms with Crippen molar-refractivity contribution in [3.8, 4) is 11.8 Å². The van der Waals surface area contributed by atoms with Gasteiger partial charge in [-0.15, -0.1) is 0 Å². The van der Waals surface area contributed by atoms with E-state index in [1.54, 1.807) is 0 Å². The second kappa shape index (κ2) is 11.5. The molecule has 1 aromatic carbocycles. The zero-order valence-electron chi connectivity index (χ0n) is 24.9. The van der Waals surface area contributed by atoms with Crippen LogP contribution in [-0.4, -0.2) is 90.5 Å². The minimum atomic E-state index is -0.475. The third-order valence-electron chi connectivity index (χ3n) is 8.49. The summed E-state index contributed by atoms with van der Waals surface area (Å²) in [4.78, 5) is 29.0. The van der Waals surface area contributed by atoms with E-state index in [1.807, 2.05) is 32.6 Å². The highest BCUT2D eigenvalue weighted by Gasteiger charge is 2.48. The van der Waals surface area contributed by atoms with E-state index in [4.69, 9.17) is 24.2 Å². The van der Waals surface area contributed by atoms with Crippen molar-refractivity contribution in [1.82, 2.24) is 19.8 Å². The van der Waals surface area contributed by atoms with Crippen LogP contribution in [0, 0.1) is 5.41 Å². The smallest absolute Gasteiger partial charge is 0.410 e. The molecule has 2 aromatic rings. The molecule has 0 saturated carbocycles. The number of hydrogen-bond donors (Lipinski definition) is 0. The molecule has 9 nitrogen and oxygen atoms in total. The van der Waals surface area contributed by atoms with E-state index < -0.39 is 5.60 Å². The summed E-state index contributed by atoms with van der Waals surface area (Å²) in [7, 11) is 2.15. The van der Waals surface area contributed by atoms with E-state index in [2.05, 4.69) is 45.8 Å². The predicted molar refractivity (Wildman–Crippen MR) is 161 cm³/mol. The van der Waals surface area contributed by atoms with Crippen LogP contribution in [0.3, 0.4) is 0 Å². The third kappa shape index (κ3) is 5.98. The molecule has 3 fully saturated rings. The largest absolute Gasteiger partial charge is 0.490 e. The number of anilines is 1. The Morgan fingerprint density at radius 2 is 1.85 bits per heavy atom. The molecule has 0 N–H and O–H groups in total. The maximum atomic E-state index is 12.5. The van der Waals surface area contributed by atoms with Gasteiger partial charge in [-0.1, -0.05) is 6.92 Å². The van der Waals surface area contributed by atoms with Gasteiger partial charge in [-0.25, -0.2) is 4.79 Å². The number of piperidine rings is 1. The quantitative estimate of drug-likeness (QED) is 0.393. The number of benzene rings is 1. The maximum Gasteiger partial charge on any atom is 0.410 e. The molecule has 0 aliphatic carbocycles. The highest BCUT2D eigenvalue weighted by molar-refractivity contribution is 9.10. The summed E-state index contributed by atoms with van der Waals surface area (Å²) in [5.74, 6) is 1.66. The second-order valence-electron chi connectivity index (χ2n) is 12.6. The average Bonchev–Trinajstić information content (AvgIpc) is 3.30. The van der Waals surface area contributed by atoms with E-state index in [0.717, 1.165) is 85.4 Å². The number of nitrogens with zero attached hydrogens (tertiary/aromatic N) is 5. The maximum absolute atomic E-state index is 12.5. The molecule has 40 heavy (non-hydrogen) atoms. The molecule has 1 amide bonds. The topological polar surface area (TPSA) is 80.3 Å². The summed E-state index contributed by atoms with van der Waals surface area (Å²) in [6.07, 6.45) is 4.97. The Balaban J connectivity index is 1.40. The number of hydrogen-bond acceptors (Lipinski definition) is 8. The standard InChI is InChI=1S/C30H44BrN5O4/c1-7-20-16-22-24(25(23(20)31)38-8-2)32-27(39-17-21-10-9-13-34(21)6)33-26(22)35-14-11-30(12-15-35)18-36(19-30)28(37)40-29(3,4)5/h16,21H,7-15,17-19H2,1-6H3/t21-/m0/s1. The summed E-state index contributed by atoms with van der Waals surface area (Å²) in [6, 6.07) is 2.98.